The highest BCUT2D eigenvalue weighted by Gasteiger charge is 2.24. The number of rotatable bonds is 9. The van der Waals surface area contributed by atoms with Crippen LogP contribution in [0.3, 0.4) is 0 Å². The molecule has 2 atom stereocenters. The first kappa shape index (κ1) is 22.7. The molecule has 1 aromatic heterocycles. The van der Waals surface area contributed by atoms with Crippen LogP contribution in [0.25, 0.3) is 0 Å². The van der Waals surface area contributed by atoms with E-state index in [-0.39, 0.29) is 12.0 Å². The van der Waals surface area contributed by atoms with Crippen molar-refractivity contribution in [3.05, 3.63) is 40.9 Å². The van der Waals surface area contributed by atoms with Crippen molar-refractivity contribution in [2.45, 2.75) is 31.2 Å². The van der Waals surface area contributed by atoms with Gasteiger partial charge in [-0.3, -0.25) is 10.0 Å². The summed E-state index contributed by atoms with van der Waals surface area (Å²) < 4.78 is 30.1. The molecular weight excluding hydrogens is 442 g/mol. The molecule has 4 N–H and O–H groups in total. The first-order chi connectivity index (χ1) is 14.9. The molecule has 0 saturated carbocycles. The quantitative estimate of drug-likeness (QED) is 0.350. The summed E-state index contributed by atoms with van der Waals surface area (Å²) in [4.78, 5) is 15.8. The second kappa shape index (κ2) is 10.4. The Morgan fingerprint density at radius 1 is 1.35 bits per heavy atom. The minimum absolute atomic E-state index is 0.160. The van der Waals surface area contributed by atoms with E-state index in [9.17, 15) is 13.2 Å². The largest absolute Gasteiger partial charge is 0.453 e. The van der Waals surface area contributed by atoms with Gasteiger partial charge >= 0.3 is 6.09 Å². The van der Waals surface area contributed by atoms with Gasteiger partial charge in [0.15, 0.2) is 0 Å². The highest BCUT2D eigenvalue weighted by molar-refractivity contribution is 8.02. The summed E-state index contributed by atoms with van der Waals surface area (Å²) in [5.41, 5.74) is 2.52. The van der Waals surface area contributed by atoms with Gasteiger partial charge in [0.25, 0.3) is 0 Å². The molecule has 0 fully saturated rings. The number of methoxy groups -OCH3 is 1. The maximum Gasteiger partial charge on any atom is 0.413 e. The number of hydrogen-bond acceptors (Lipinski definition) is 9. The monoisotopic (exact) mass is 467 g/mol. The Hall–Kier alpha value is -2.93. The number of anilines is 3. The minimum atomic E-state index is -2.70. The van der Waals surface area contributed by atoms with E-state index in [0.717, 1.165) is 17.7 Å². The van der Waals surface area contributed by atoms with E-state index in [2.05, 4.69) is 47.8 Å². The number of aromatic nitrogens is 3. The van der Waals surface area contributed by atoms with Crippen molar-refractivity contribution < 1.29 is 17.9 Å². The average Bonchev–Trinajstić information content (AvgIpc) is 3.35. The highest BCUT2D eigenvalue weighted by atomic mass is 32.2. The molecule has 1 unspecified atom stereocenters. The molecule has 31 heavy (non-hydrogen) atoms. The molecule has 3 rings (SSSR count). The number of thioether (sulfide) groups is 1. The van der Waals surface area contributed by atoms with Crippen LogP contribution < -0.4 is 20.7 Å². The van der Waals surface area contributed by atoms with Gasteiger partial charge in [-0.05, 0) is 35.9 Å². The maximum absolute atomic E-state index is 11.5. The zero-order chi connectivity index (χ0) is 22.4. The van der Waals surface area contributed by atoms with Crippen molar-refractivity contribution in [3.63, 3.8) is 0 Å². The normalized spacial score (nSPS) is 16.4. The lowest BCUT2D eigenvalue weighted by Crippen LogP contribution is -2.33. The number of thiol groups is 1. The third kappa shape index (κ3) is 6.28. The lowest BCUT2D eigenvalue weighted by atomic mass is 10.0. The van der Waals surface area contributed by atoms with Crippen LogP contribution in [0.4, 0.5) is 22.4 Å². The molecule has 0 saturated heterocycles. The fourth-order valence-electron chi connectivity index (χ4n) is 2.94. The van der Waals surface area contributed by atoms with Gasteiger partial charge in [0.2, 0.25) is 22.8 Å². The molecule has 0 bridgehead atoms. The van der Waals surface area contributed by atoms with Crippen LogP contribution in [-0.2, 0) is 29.1 Å². The van der Waals surface area contributed by atoms with Crippen molar-refractivity contribution in [3.8, 4) is 0 Å². The molecule has 168 valence electrons. The number of ether oxygens (including phenoxy) is 1. The fourth-order valence-corrected chi connectivity index (χ4v) is 4.24. The summed E-state index contributed by atoms with van der Waals surface area (Å²) >= 11 is 1.72. The van der Waals surface area contributed by atoms with E-state index in [1.54, 1.807) is 30.9 Å². The number of nitrogens with zero attached hydrogens (tertiary/aromatic N) is 3. The molecule has 0 radical (unpaired) electrons. The first-order valence-electron chi connectivity index (χ1n) is 9.52. The smallest absolute Gasteiger partial charge is 0.413 e. The number of carbonyl (C=O) groups is 1. The Morgan fingerprint density at radius 3 is 2.71 bits per heavy atom. The Morgan fingerprint density at radius 2 is 2.10 bits per heavy atom. The summed E-state index contributed by atoms with van der Waals surface area (Å²) in [6.45, 7) is 2.11. The van der Waals surface area contributed by atoms with E-state index in [1.165, 1.54) is 11.8 Å². The molecule has 1 aromatic carbocycles. The Labute approximate surface area is 186 Å². The lowest BCUT2D eigenvalue weighted by molar-refractivity contribution is 0.186. The molecule has 0 spiro atoms. The van der Waals surface area contributed by atoms with E-state index in [4.69, 9.17) is 0 Å². The zero-order valence-corrected chi connectivity index (χ0v) is 19.0. The maximum atomic E-state index is 11.5. The van der Waals surface area contributed by atoms with E-state index in [0.29, 0.717) is 23.4 Å². The molecule has 11 nitrogen and oxygen atoms in total. The van der Waals surface area contributed by atoms with Crippen LogP contribution >= 0.6 is 11.8 Å². The summed E-state index contributed by atoms with van der Waals surface area (Å²) in [6, 6.07) is 7.01. The number of hydrogen-bond donors (Lipinski definition) is 5. The van der Waals surface area contributed by atoms with Crippen molar-refractivity contribution in [1.82, 2.24) is 20.1 Å². The number of nitrogens with one attached hydrogen (secondary N) is 4. The van der Waals surface area contributed by atoms with Crippen molar-refractivity contribution in [2.24, 2.45) is 7.05 Å². The van der Waals surface area contributed by atoms with Gasteiger partial charge in [0.05, 0.1) is 18.5 Å². The topological polar surface area (TPSA) is 139 Å². The van der Waals surface area contributed by atoms with Gasteiger partial charge in [-0.25, -0.2) is 17.9 Å². The van der Waals surface area contributed by atoms with Gasteiger partial charge in [-0.1, -0.05) is 19.1 Å². The Kier molecular flexibility index (Phi) is 7.63. The van der Waals surface area contributed by atoms with Crippen LogP contribution in [0, 0.1) is 0 Å². The number of amides is 1. The summed E-state index contributed by atoms with van der Waals surface area (Å²) in [5.74, 6) is 0.609. The van der Waals surface area contributed by atoms with Gasteiger partial charge in [0.1, 0.15) is 0 Å². The van der Waals surface area contributed by atoms with Crippen molar-refractivity contribution >= 4 is 46.3 Å². The van der Waals surface area contributed by atoms with Crippen LogP contribution in [-0.4, -0.2) is 47.8 Å². The van der Waals surface area contributed by atoms with E-state index < -0.39 is 17.0 Å². The van der Waals surface area contributed by atoms with Crippen molar-refractivity contribution in [2.75, 3.05) is 22.5 Å². The predicted molar refractivity (Wildman–Crippen MR) is 121 cm³/mol. The van der Waals surface area contributed by atoms with Crippen LogP contribution in [0.5, 0.6) is 0 Å². The summed E-state index contributed by atoms with van der Waals surface area (Å²) in [5, 5.41) is 16.0. The molecule has 2 aromatic rings. The standard InChI is InChI=1S/C18H25N7O4S2/c1-4-15-19-14(10-30-15)13(9-11-5-7-12(8-6-11)24-31(27)28)20-16-21-17(25(2)23-16)22-18(26)29-3/h5-8,10,13,15,19,31H,4,9H2,1-3H3,(H,24,27,28)(H2,20,21,22,23,26)/t13-,15?/m0/s1. The Balaban J connectivity index is 1.77. The molecule has 1 aliphatic rings. The number of benzene rings is 1. The summed E-state index contributed by atoms with van der Waals surface area (Å²) in [7, 11) is 0.241. The minimum Gasteiger partial charge on any atom is -0.453 e. The van der Waals surface area contributed by atoms with Crippen molar-refractivity contribution in [1.29, 1.82) is 0 Å². The molecular formula is C18H25N7O4S2. The second-order valence-corrected chi connectivity index (χ2v) is 8.53. The first-order valence-corrected chi connectivity index (χ1v) is 11.6. The van der Waals surface area contributed by atoms with Gasteiger partial charge in [0, 0.05) is 18.4 Å². The molecule has 1 amide bonds. The second-order valence-electron chi connectivity index (χ2n) is 6.72. The van der Waals surface area contributed by atoms with Crippen LogP contribution in [0.2, 0.25) is 0 Å². The SMILES string of the molecule is CCC1NC([C@H](Cc2ccc(N[SH](=O)=O)cc2)Nc2nc(NC(=O)OC)n(C)n2)=CS1. The third-order valence-corrected chi connectivity index (χ3v) is 6.12. The highest BCUT2D eigenvalue weighted by Crippen LogP contribution is 2.27. The number of aryl methyl sites for hydroxylation is 1. The van der Waals surface area contributed by atoms with Gasteiger partial charge in [-0.15, -0.1) is 16.9 Å². The fraction of sp³-hybridized carbons (Fsp3) is 0.389. The third-order valence-electron chi connectivity index (χ3n) is 4.51. The lowest BCUT2D eigenvalue weighted by Gasteiger charge is -2.21. The average molecular weight is 468 g/mol. The van der Waals surface area contributed by atoms with E-state index >= 15 is 0 Å². The summed E-state index contributed by atoms with van der Waals surface area (Å²) in [6.07, 6.45) is 0.951. The van der Waals surface area contributed by atoms with Gasteiger partial charge < -0.3 is 15.4 Å². The molecule has 13 heteroatoms. The van der Waals surface area contributed by atoms with Crippen LogP contribution in [0.15, 0.2) is 35.4 Å². The van der Waals surface area contributed by atoms with Crippen LogP contribution in [0.1, 0.15) is 18.9 Å². The Bertz CT molecular complexity index is 1010. The predicted octanol–water partition coefficient (Wildman–Crippen LogP) is 1.87. The molecule has 2 heterocycles. The zero-order valence-electron chi connectivity index (χ0n) is 17.3. The van der Waals surface area contributed by atoms with E-state index in [1.807, 2.05) is 12.1 Å². The number of carbonyl (C=O) groups excluding carboxylic acids is 1. The molecule has 1 aliphatic heterocycles. The van der Waals surface area contributed by atoms with Gasteiger partial charge in [-0.2, -0.15) is 4.98 Å². The molecule has 0 aliphatic carbocycles.